The Morgan fingerprint density at radius 1 is 0.844 bits per heavy atom. The summed E-state index contributed by atoms with van der Waals surface area (Å²) in [7, 11) is -2.48. The number of amides is 2. The first-order valence-electron chi connectivity index (χ1n) is 9.68. The van der Waals surface area contributed by atoms with Gasteiger partial charge >= 0.3 is 6.09 Å². The summed E-state index contributed by atoms with van der Waals surface area (Å²) in [5.74, 6) is -0.336. The number of hydrogen-bond acceptors (Lipinski definition) is 5. The number of methoxy groups -OCH3 is 1. The number of rotatable bonds is 7. The molecule has 0 aliphatic carbocycles. The molecule has 2 amide bonds. The minimum Gasteiger partial charge on any atom is -0.453 e. The van der Waals surface area contributed by atoms with Crippen molar-refractivity contribution in [3.63, 3.8) is 0 Å². The zero-order valence-corrected chi connectivity index (χ0v) is 18.4. The monoisotopic (exact) mass is 453 g/mol. The molecule has 0 atom stereocenters. The number of sulfonamides is 1. The average Bonchev–Trinajstić information content (AvgIpc) is 2.79. The van der Waals surface area contributed by atoms with E-state index in [1.54, 1.807) is 36.4 Å². The third kappa shape index (κ3) is 6.08. The number of benzene rings is 3. The molecule has 3 aromatic rings. The fourth-order valence-corrected chi connectivity index (χ4v) is 3.84. The van der Waals surface area contributed by atoms with Gasteiger partial charge in [-0.3, -0.25) is 14.8 Å². The maximum atomic E-state index is 12.5. The lowest BCUT2D eigenvalue weighted by Gasteiger charge is -2.10. The van der Waals surface area contributed by atoms with Crippen LogP contribution in [0.4, 0.5) is 16.2 Å². The lowest BCUT2D eigenvalue weighted by atomic mass is 10.2. The van der Waals surface area contributed by atoms with Gasteiger partial charge in [-0.05, 0) is 61.0 Å². The molecule has 3 rings (SSSR count). The van der Waals surface area contributed by atoms with Gasteiger partial charge in [-0.2, -0.15) is 0 Å². The van der Waals surface area contributed by atoms with Crippen LogP contribution in [0.25, 0.3) is 0 Å². The zero-order chi connectivity index (χ0) is 23.1. The topological polar surface area (TPSA) is 114 Å². The quantitative estimate of drug-likeness (QED) is 0.502. The normalized spacial score (nSPS) is 10.8. The highest BCUT2D eigenvalue weighted by Gasteiger charge is 2.15. The van der Waals surface area contributed by atoms with Gasteiger partial charge < -0.3 is 10.1 Å². The standard InChI is InChI=1S/C23H23N3O5S/c1-16-3-9-20(10-4-16)26-32(29,30)21-13-7-18(8-14-21)22(27)24-15-17-5-11-19(12-6-17)25-23(28)31-2/h3-14,26H,15H2,1-2H3,(H,24,27)(H,25,28). The molecule has 0 bridgehead atoms. The van der Waals surface area contributed by atoms with Crippen LogP contribution in [0.3, 0.4) is 0 Å². The van der Waals surface area contributed by atoms with Gasteiger partial charge in [0, 0.05) is 23.5 Å². The lowest BCUT2D eigenvalue weighted by Crippen LogP contribution is -2.23. The van der Waals surface area contributed by atoms with Crippen LogP contribution in [0, 0.1) is 6.92 Å². The van der Waals surface area contributed by atoms with Crippen LogP contribution in [0.1, 0.15) is 21.5 Å². The summed E-state index contributed by atoms with van der Waals surface area (Å²) in [6, 6.07) is 19.6. The van der Waals surface area contributed by atoms with Crippen LogP contribution < -0.4 is 15.4 Å². The van der Waals surface area contributed by atoms with E-state index in [-0.39, 0.29) is 17.3 Å². The highest BCUT2D eigenvalue weighted by molar-refractivity contribution is 7.92. The molecular formula is C23H23N3O5S. The molecule has 0 radical (unpaired) electrons. The number of hydrogen-bond donors (Lipinski definition) is 3. The minimum atomic E-state index is -3.76. The van der Waals surface area contributed by atoms with Crippen molar-refractivity contribution in [2.45, 2.75) is 18.4 Å². The molecule has 0 saturated heterocycles. The summed E-state index contributed by atoms with van der Waals surface area (Å²) in [5, 5.41) is 5.32. The van der Waals surface area contributed by atoms with Gasteiger partial charge in [-0.15, -0.1) is 0 Å². The van der Waals surface area contributed by atoms with E-state index >= 15 is 0 Å². The van der Waals surface area contributed by atoms with Crippen molar-refractivity contribution in [3.8, 4) is 0 Å². The summed E-state index contributed by atoms with van der Waals surface area (Å²) in [5.41, 5.74) is 3.23. The smallest absolute Gasteiger partial charge is 0.411 e. The molecule has 0 heterocycles. The van der Waals surface area contributed by atoms with Crippen molar-refractivity contribution in [1.29, 1.82) is 0 Å². The largest absolute Gasteiger partial charge is 0.453 e. The Kier molecular flexibility index (Phi) is 7.11. The molecule has 0 saturated carbocycles. The highest BCUT2D eigenvalue weighted by Crippen LogP contribution is 2.17. The Bertz CT molecular complexity index is 1190. The minimum absolute atomic E-state index is 0.0586. The van der Waals surface area contributed by atoms with Crippen molar-refractivity contribution in [2.24, 2.45) is 0 Å². The Hall–Kier alpha value is -3.85. The predicted octanol–water partition coefficient (Wildman–Crippen LogP) is 3.90. The van der Waals surface area contributed by atoms with E-state index in [9.17, 15) is 18.0 Å². The summed E-state index contributed by atoms with van der Waals surface area (Å²) in [4.78, 5) is 23.7. The van der Waals surface area contributed by atoms with Gasteiger partial charge in [0.15, 0.2) is 0 Å². The first-order chi connectivity index (χ1) is 15.3. The second-order valence-corrected chi connectivity index (χ2v) is 8.67. The molecule has 3 aromatic carbocycles. The van der Waals surface area contributed by atoms with E-state index < -0.39 is 16.1 Å². The van der Waals surface area contributed by atoms with Gasteiger partial charge in [0.05, 0.1) is 12.0 Å². The Balaban J connectivity index is 1.58. The Morgan fingerprint density at radius 3 is 2.03 bits per heavy atom. The second kappa shape index (κ2) is 9.97. The molecule has 32 heavy (non-hydrogen) atoms. The predicted molar refractivity (Wildman–Crippen MR) is 122 cm³/mol. The summed E-state index contributed by atoms with van der Waals surface area (Å²) in [6.07, 6.45) is -0.564. The molecule has 0 fully saturated rings. The lowest BCUT2D eigenvalue weighted by molar-refractivity contribution is 0.0950. The van der Waals surface area contributed by atoms with E-state index in [2.05, 4.69) is 20.1 Å². The number of ether oxygens (including phenoxy) is 1. The maximum absolute atomic E-state index is 12.5. The van der Waals surface area contributed by atoms with Crippen LogP contribution in [-0.2, 0) is 21.3 Å². The summed E-state index contributed by atoms with van der Waals surface area (Å²) in [6.45, 7) is 2.19. The molecule has 0 aromatic heterocycles. The number of carbonyl (C=O) groups is 2. The molecule has 0 spiro atoms. The number of aryl methyl sites for hydroxylation is 1. The van der Waals surface area contributed by atoms with E-state index in [1.807, 2.05) is 19.1 Å². The van der Waals surface area contributed by atoms with Crippen LogP contribution in [0.5, 0.6) is 0 Å². The van der Waals surface area contributed by atoms with Crippen LogP contribution in [-0.4, -0.2) is 27.5 Å². The summed E-state index contributed by atoms with van der Waals surface area (Å²) >= 11 is 0. The van der Waals surface area contributed by atoms with Crippen molar-refractivity contribution in [2.75, 3.05) is 17.1 Å². The summed E-state index contributed by atoms with van der Waals surface area (Å²) < 4.78 is 32.1. The molecule has 0 aliphatic heterocycles. The average molecular weight is 454 g/mol. The Morgan fingerprint density at radius 2 is 1.44 bits per heavy atom. The van der Waals surface area contributed by atoms with Gasteiger partial charge in [0.1, 0.15) is 0 Å². The van der Waals surface area contributed by atoms with Crippen molar-refractivity contribution in [1.82, 2.24) is 5.32 Å². The van der Waals surface area contributed by atoms with E-state index in [0.717, 1.165) is 11.1 Å². The molecule has 8 nitrogen and oxygen atoms in total. The molecular weight excluding hydrogens is 430 g/mol. The fraction of sp³-hybridized carbons (Fsp3) is 0.130. The van der Waals surface area contributed by atoms with Gasteiger partial charge in [-0.25, -0.2) is 13.2 Å². The first-order valence-corrected chi connectivity index (χ1v) is 11.2. The van der Waals surface area contributed by atoms with E-state index in [0.29, 0.717) is 16.9 Å². The van der Waals surface area contributed by atoms with Crippen molar-refractivity contribution < 1.29 is 22.7 Å². The second-order valence-electron chi connectivity index (χ2n) is 6.99. The van der Waals surface area contributed by atoms with E-state index in [4.69, 9.17) is 0 Å². The number of anilines is 2. The first kappa shape index (κ1) is 22.8. The maximum Gasteiger partial charge on any atom is 0.411 e. The third-order valence-corrected chi connectivity index (χ3v) is 5.97. The SMILES string of the molecule is COC(=O)Nc1ccc(CNC(=O)c2ccc(S(=O)(=O)Nc3ccc(C)cc3)cc2)cc1. The van der Waals surface area contributed by atoms with Gasteiger partial charge in [0.2, 0.25) is 0 Å². The third-order valence-electron chi connectivity index (χ3n) is 4.57. The zero-order valence-electron chi connectivity index (χ0n) is 17.6. The van der Waals surface area contributed by atoms with Crippen molar-refractivity contribution >= 4 is 33.4 Å². The van der Waals surface area contributed by atoms with Gasteiger partial charge in [-0.1, -0.05) is 29.8 Å². The highest BCUT2D eigenvalue weighted by atomic mass is 32.2. The van der Waals surface area contributed by atoms with Crippen LogP contribution >= 0.6 is 0 Å². The molecule has 0 unspecified atom stereocenters. The molecule has 3 N–H and O–H groups in total. The van der Waals surface area contributed by atoms with Crippen LogP contribution in [0.15, 0.2) is 77.7 Å². The van der Waals surface area contributed by atoms with Crippen LogP contribution in [0.2, 0.25) is 0 Å². The number of nitrogens with one attached hydrogen (secondary N) is 3. The van der Waals surface area contributed by atoms with Crippen molar-refractivity contribution in [3.05, 3.63) is 89.5 Å². The molecule has 166 valence electrons. The van der Waals surface area contributed by atoms with Gasteiger partial charge in [0.25, 0.3) is 15.9 Å². The van der Waals surface area contributed by atoms with E-state index in [1.165, 1.54) is 31.4 Å². The fourth-order valence-electron chi connectivity index (χ4n) is 2.78. The molecule has 9 heteroatoms. The number of carbonyl (C=O) groups excluding carboxylic acids is 2. The Labute approximate surface area is 186 Å². The molecule has 0 aliphatic rings.